The molecule has 3 atom stereocenters. The average Bonchev–Trinajstić information content (AvgIpc) is 3.44. The highest BCUT2D eigenvalue weighted by molar-refractivity contribution is 7.93. The summed E-state index contributed by atoms with van der Waals surface area (Å²) in [4.78, 5) is 14.9. The Morgan fingerprint density at radius 3 is 2.50 bits per heavy atom. The molecule has 2 saturated carbocycles. The summed E-state index contributed by atoms with van der Waals surface area (Å²) >= 11 is 0. The van der Waals surface area contributed by atoms with Gasteiger partial charge in [-0.2, -0.15) is 0 Å². The van der Waals surface area contributed by atoms with Crippen LogP contribution in [0.4, 0.5) is 17.1 Å². The van der Waals surface area contributed by atoms with Gasteiger partial charge in [0.05, 0.1) is 18.5 Å². The van der Waals surface area contributed by atoms with Crippen LogP contribution in [0.15, 0.2) is 47.4 Å². The van der Waals surface area contributed by atoms with Crippen LogP contribution < -0.4 is 19.7 Å². The number of carbonyl (C=O) groups is 1. The van der Waals surface area contributed by atoms with E-state index in [1.807, 2.05) is 18.7 Å². The van der Waals surface area contributed by atoms with Crippen molar-refractivity contribution in [1.29, 1.82) is 0 Å². The highest BCUT2D eigenvalue weighted by Crippen LogP contribution is 2.49. The van der Waals surface area contributed by atoms with Crippen LogP contribution >= 0.6 is 0 Å². The molecule has 1 amide bonds. The number of hydrogen-bond donors (Lipinski definition) is 2. The van der Waals surface area contributed by atoms with E-state index < -0.39 is 10.0 Å². The van der Waals surface area contributed by atoms with Gasteiger partial charge in [0, 0.05) is 25.2 Å². The maximum atomic E-state index is 13.5. The molecule has 7 nitrogen and oxygen atoms in total. The van der Waals surface area contributed by atoms with Gasteiger partial charge in [0.15, 0.2) is 0 Å². The Kier molecular flexibility index (Phi) is 7.36. The molecule has 4 rings (SSSR count). The molecule has 184 valence electrons. The molecule has 2 N–H and O–H groups in total. The van der Waals surface area contributed by atoms with Gasteiger partial charge in [-0.15, -0.1) is 0 Å². The Labute approximate surface area is 202 Å². The molecule has 0 radical (unpaired) electrons. The molecular weight excluding hydrogens is 450 g/mol. The summed E-state index contributed by atoms with van der Waals surface area (Å²) in [5, 5.41) is 2.96. The van der Waals surface area contributed by atoms with E-state index in [4.69, 9.17) is 4.74 Å². The second-order valence-corrected chi connectivity index (χ2v) is 11.0. The Morgan fingerprint density at radius 1 is 1.09 bits per heavy atom. The number of nitrogens with one attached hydrogen (secondary N) is 2. The number of hydrogen-bond acceptors (Lipinski definition) is 5. The number of benzene rings is 2. The van der Waals surface area contributed by atoms with E-state index in [0.29, 0.717) is 54.2 Å². The van der Waals surface area contributed by atoms with Crippen molar-refractivity contribution in [2.24, 2.45) is 17.8 Å². The lowest BCUT2D eigenvalue weighted by Gasteiger charge is -2.25. The molecule has 8 heteroatoms. The Bertz CT molecular complexity index is 1130. The van der Waals surface area contributed by atoms with Crippen LogP contribution in [0.1, 0.15) is 46.0 Å². The summed E-state index contributed by atoms with van der Waals surface area (Å²) in [6, 6.07) is 12.0. The maximum Gasteiger partial charge on any atom is 0.264 e. The van der Waals surface area contributed by atoms with Gasteiger partial charge in [-0.3, -0.25) is 9.52 Å². The number of nitrogens with zero attached hydrogens (tertiary/aromatic N) is 1. The van der Waals surface area contributed by atoms with E-state index in [2.05, 4.69) is 10.0 Å². The minimum absolute atomic E-state index is 0.0471. The van der Waals surface area contributed by atoms with Crippen LogP contribution in [-0.2, 0) is 14.8 Å². The fraction of sp³-hybridized carbons (Fsp3) is 0.500. The zero-order valence-corrected chi connectivity index (χ0v) is 21.0. The van der Waals surface area contributed by atoms with Crippen molar-refractivity contribution in [3.8, 4) is 5.75 Å². The number of carbonyl (C=O) groups excluding carboxylic acids is 1. The average molecular weight is 486 g/mol. The van der Waals surface area contributed by atoms with Crippen LogP contribution in [0.3, 0.4) is 0 Å². The summed E-state index contributed by atoms with van der Waals surface area (Å²) < 4.78 is 35.0. The van der Waals surface area contributed by atoms with Gasteiger partial charge in [-0.05, 0) is 81.2 Å². The van der Waals surface area contributed by atoms with Crippen molar-refractivity contribution >= 4 is 33.0 Å². The molecule has 0 saturated heterocycles. The standard InChI is InChI=1S/C26H35N3O4S/c1-4-29(5-2)23-13-12-21(27-26(30)16-20-15-18-10-11-19(20)14-18)17-25(23)34(31,32)28-22-8-6-7-9-24(22)33-3/h6-9,12-13,17-20,28H,4-5,10-11,14-16H2,1-3H3,(H,27,30)/t18-,19-,20+/m1/s1. The number of ether oxygens (including phenoxy) is 1. The van der Waals surface area contributed by atoms with Crippen molar-refractivity contribution in [2.75, 3.05) is 35.1 Å². The lowest BCUT2D eigenvalue weighted by molar-refractivity contribution is -0.117. The second-order valence-electron chi connectivity index (χ2n) is 9.35. The molecule has 0 aromatic heterocycles. The Balaban J connectivity index is 1.59. The molecule has 0 heterocycles. The van der Waals surface area contributed by atoms with Gasteiger partial charge in [0.25, 0.3) is 10.0 Å². The summed E-state index contributed by atoms with van der Waals surface area (Å²) in [5.41, 5.74) is 1.45. The minimum atomic E-state index is -3.95. The molecule has 2 aliphatic carbocycles. The van der Waals surface area contributed by atoms with Crippen molar-refractivity contribution < 1.29 is 17.9 Å². The fourth-order valence-corrected chi connectivity index (χ4v) is 6.96. The van der Waals surface area contributed by atoms with Crippen LogP contribution in [0.5, 0.6) is 5.75 Å². The van der Waals surface area contributed by atoms with Crippen molar-refractivity contribution in [3.63, 3.8) is 0 Å². The van der Waals surface area contributed by atoms with Crippen molar-refractivity contribution in [2.45, 2.75) is 50.8 Å². The first-order valence-electron chi connectivity index (χ1n) is 12.2. The summed E-state index contributed by atoms with van der Waals surface area (Å²) in [5.74, 6) is 2.29. The van der Waals surface area contributed by atoms with E-state index in [1.165, 1.54) is 26.4 Å². The second kappa shape index (κ2) is 10.3. The first kappa shape index (κ1) is 24.4. The van der Waals surface area contributed by atoms with E-state index >= 15 is 0 Å². The molecule has 2 aromatic carbocycles. The van der Waals surface area contributed by atoms with E-state index in [-0.39, 0.29) is 10.8 Å². The third-order valence-corrected chi connectivity index (χ3v) is 8.72. The third kappa shape index (κ3) is 5.17. The predicted octanol–water partition coefficient (Wildman–Crippen LogP) is 5.11. The van der Waals surface area contributed by atoms with Crippen LogP contribution in [0.25, 0.3) is 0 Å². The predicted molar refractivity (Wildman–Crippen MR) is 136 cm³/mol. The van der Waals surface area contributed by atoms with Gasteiger partial charge in [-0.25, -0.2) is 8.42 Å². The Hall–Kier alpha value is -2.74. The highest BCUT2D eigenvalue weighted by Gasteiger charge is 2.40. The number of sulfonamides is 1. The topological polar surface area (TPSA) is 87.7 Å². The van der Waals surface area contributed by atoms with E-state index in [9.17, 15) is 13.2 Å². The van der Waals surface area contributed by atoms with Crippen LogP contribution in [-0.4, -0.2) is 34.5 Å². The summed E-state index contributed by atoms with van der Waals surface area (Å²) in [6.07, 6.45) is 5.43. The molecule has 0 spiro atoms. The lowest BCUT2D eigenvalue weighted by Crippen LogP contribution is -2.26. The van der Waals surface area contributed by atoms with Crippen LogP contribution in [0.2, 0.25) is 0 Å². The van der Waals surface area contributed by atoms with Gasteiger partial charge in [-0.1, -0.05) is 18.6 Å². The van der Waals surface area contributed by atoms with E-state index in [0.717, 1.165) is 12.3 Å². The molecule has 34 heavy (non-hydrogen) atoms. The first-order chi connectivity index (χ1) is 16.3. The highest BCUT2D eigenvalue weighted by atomic mass is 32.2. The van der Waals surface area contributed by atoms with Crippen molar-refractivity contribution in [1.82, 2.24) is 0 Å². The lowest BCUT2D eigenvalue weighted by atomic mass is 9.86. The minimum Gasteiger partial charge on any atom is -0.495 e. The van der Waals surface area contributed by atoms with Gasteiger partial charge < -0.3 is 15.0 Å². The van der Waals surface area contributed by atoms with E-state index in [1.54, 1.807) is 42.5 Å². The van der Waals surface area contributed by atoms with Gasteiger partial charge >= 0.3 is 0 Å². The Morgan fingerprint density at radius 2 is 1.85 bits per heavy atom. The molecule has 2 aromatic rings. The van der Waals surface area contributed by atoms with Gasteiger partial charge in [0.2, 0.25) is 5.91 Å². The third-order valence-electron chi connectivity index (χ3n) is 7.32. The maximum absolute atomic E-state index is 13.5. The summed E-state index contributed by atoms with van der Waals surface area (Å²) in [6.45, 7) is 5.28. The number of methoxy groups -OCH3 is 1. The number of amides is 1. The van der Waals surface area contributed by atoms with Gasteiger partial charge in [0.1, 0.15) is 10.6 Å². The monoisotopic (exact) mass is 485 g/mol. The van der Waals surface area contributed by atoms with Crippen molar-refractivity contribution in [3.05, 3.63) is 42.5 Å². The molecule has 2 aliphatic rings. The largest absolute Gasteiger partial charge is 0.495 e. The first-order valence-corrected chi connectivity index (χ1v) is 13.7. The smallest absolute Gasteiger partial charge is 0.264 e. The summed E-state index contributed by atoms with van der Waals surface area (Å²) in [7, 11) is -2.45. The normalized spacial score (nSPS) is 21.3. The fourth-order valence-electron chi connectivity index (χ4n) is 5.64. The number of fused-ring (bicyclic) bond motifs is 2. The quantitative estimate of drug-likeness (QED) is 0.488. The molecule has 2 bridgehead atoms. The number of para-hydroxylation sites is 2. The molecule has 0 unspecified atom stereocenters. The zero-order chi connectivity index (χ0) is 24.3. The zero-order valence-electron chi connectivity index (χ0n) is 20.2. The molecule has 2 fully saturated rings. The molecule has 0 aliphatic heterocycles. The SMILES string of the molecule is CCN(CC)c1ccc(NC(=O)C[C@@H]2C[C@@H]3CC[C@@H]2C3)cc1S(=O)(=O)Nc1ccccc1OC. The van der Waals surface area contributed by atoms with Crippen LogP contribution in [0, 0.1) is 17.8 Å². The number of anilines is 3. The number of rotatable bonds is 10. The molecular formula is C26H35N3O4S.